The lowest BCUT2D eigenvalue weighted by molar-refractivity contribution is 0.0316. The Hall–Kier alpha value is -2.11. The second-order valence-corrected chi connectivity index (χ2v) is 6.74. The number of benzene rings is 1. The SMILES string of the molecule is CC(O)C1CCCCN1Cc1cccc(C(=O)NCc2ccco2)c1. The summed E-state index contributed by atoms with van der Waals surface area (Å²) in [6.07, 6.45) is 4.62. The van der Waals surface area contributed by atoms with Crippen molar-refractivity contribution in [3.05, 3.63) is 59.5 Å². The van der Waals surface area contributed by atoms with Gasteiger partial charge in [-0.15, -0.1) is 0 Å². The number of piperidine rings is 1. The molecule has 1 amide bonds. The Morgan fingerprint density at radius 1 is 1.36 bits per heavy atom. The van der Waals surface area contributed by atoms with Gasteiger partial charge in [0, 0.05) is 18.2 Å². The topological polar surface area (TPSA) is 65.7 Å². The van der Waals surface area contributed by atoms with E-state index >= 15 is 0 Å². The van der Waals surface area contributed by atoms with Gasteiger partial charge in [0.05, 0.1) is 18.9 Å². The van der Waals surface area contributed by atoms with Crippen molar-refractivity contribution in [1.82, 2.24) is 10.2 Å². The highest BCUT2D eigenvalue weighted by Crippen LogP contribution is 2.22. The van der Waals surface area contributed by atoms with Crippen LogP contribution in [0.15, 0.2) is 47.1 Å². The van der Waals surface area contributed by atoms with Gasteiger partial charge in [-0.2, -0.15) is 0 Å². The van der Waals surface area contributed by atoms with Crippen LogP contribution in [0.2, 0.25) is 0 Å². The molecule has 1 fully saturated rings. The Morgan fingerprint density at radius 2 is 2.24 bits per heavy atom. The number of carbonyl (C=O) groups excluding carboxylic acids is 1. The lowest BCUT2D eigenvalue weighted by Gasteiger charge is -2.37. The van der Waals surface area contributed by atoms with E-state index in [4.69, 9.17) is 4.42 Å². The number of hydrogen-bond donors (Lipinski definition) is 2. The van der Waals surface area contributed by atoms with Crippen LogP contribution >= 0.6 is 0 Å². The number of carbonyl (C=O) groups is 1. The highest BCUT2D eigenvalue weighted by atomic mass is 16.3. The molecule has 1 aromatic carbocycles. The standard InChI is InChI=1S/C20H26N2O3/c1-15(23)19-9-2-3-10-22(19)14-16-6-4-7-17(12-16)20(24)21-13-18-8-5-11-25-18/h4-8,11-12,15,19,23H,2-3,9-10,13-14H2,1H3,(H,21,24). The summed E-state index contributed by atoms with van der Waals surface area (Å²) in [6, 6.07) is 11.6. The molecule has 5 nitrogen and oxygen atoms in total. The monoisotopic (exact) mass is 342 g/mol. The summed E-state index contributed by atoms with van der Waals surface area (Å²) in [5, 5.41) is 12.9. The summed E-state index contributed by atoms with van der Waals surface area (Å²) in [4.78, 5) is 14.7. The fourth-order valence-corrected chi connectivity index (χ4v) is 3.49. The fourth-order valence-electron chi connectivity index (χ4n) is 3.49. The van der Waals surface area contributed by atoms with Crippen molar-refractivity contribution in [3.63, 3.8) is 0 Å². The average Bonchev–Trinajstić information content (AvgIpc) is 3.14. The molecule has 0 spiro atoms. The molecule has 1 aliphatic rings. The van der Waals surface area contributed by atoms with Crippen molar-refractivity contribution >= 4 is 5.91 Å². The van der Waals surface area contributed by atoms with Gasteiger partial charge >= 0.3 is 0 Å². The van der Waals surface area contributed by atoms with Crippen LogP contribution in [-0.4, -0.2) is 34.6 Å². The molecule has 1 aromatic heterocycles. The molecule has 0 saturated carbocycles. The lowest BCUT2D eigenvalue weighted by atomic mass is 9.97. The van der Waals surface area contributed by atoms with Crippen LogP contribution in [0.5, 0.6) is 0 Å². The summed E-state index contributed by atoms with van der Waals surface area (Å²) in [5.74, 6) is 0.626. The minimum Gasteiger partial charge on any atom is -0.467 e. The summed E-state index contributed by atoms with van der Waals surface area (Å²) in [6.45, 7) is 3.99. The molecule has 2 heterocycles. The molecule has 134 valence electrons. The van der Waals surface area contributed by atoms with E-state index in [0.29, 0.717) is 12.1 Å². The maximum absolute atomic E-state index is 12.4. The number of rotatable bonds is 6. The van der Waals surface area contributed by atoms with Crippen molar-refractivity contribution in [1.29, 1.82) is 0 Å². The van der Waals surface area contributed by atoms with E-state index in [9.17, 15) is 9.90 Å². The summed E-state index contributed by atoms with van der Waals surface area (Å²) in [7, 11) is 0. The number of nitrogens with zero attached hydrogens (tertiary/aromatic N) is 1. The molecule has 0 radical (unpaired) electrons. The van der Waals surface area contributed by atoms with Gasteiger partial charge in [-0.3, -0.25) is 9.69 Å². The Labute approximate surface area is 148 Å². The third kappa shape index (κ3) is 4.71. The molecular formula is C20H26N2O3. The molecule has 0 aliphatic carbocycles. The summed E-state index contributed by atoms with van der Waals surface area (Å²) < 4.78 is 5.23. The second kappa shape index (κ2) is 8.32. The Morgan fingerprint density at radius 3 is 3.00 bits per heavy atom. The van der Waals surface area contributed by atoms with Gasteiger partial charge in [0.2, 0.25) is 0 Å². The normalized spacial score (nSPS) is 19.5. The van der Waals surface area contributed by atoms with Gasteiger partial charge in [-0.25, -0.2) is 0 Å². The van der Waals surface area contributed by atoms with Crippen molar-refractivity contribution in [2.24, 2.45) is 0 Å². The third-order valence-corrected chi connectivity index (χ3v) is 4.80. The predicted octanol–water partition coefficient (Wildman–Crippen LogP) is 2.94. The zero-order valence-corrected chi connectivity index (χ0v) is 14.6. The molecule has 25 heavy (non-hydrogen) atoms. The van der Waals surface area contributed by atoms with Gasteiger partial charge in [0.1, 0.15) is 5.76 Å². The van der Waals surface area contributed by atoms with Crippen LogP contribution in [0.25, 0.3) is 0 Å². The molecule has 1 aliphatic heterocycles. The average molecular weight is 342 g/mol. The van der Waals surface area contributed by atoms with Gasteiger partial charge in [-0.05, 0) is 56.1 Å². The molecule has 2 N–H and O–H groups in total. The number of likely N-dealkylation sites (tertiary alicyclic amines) is 1. The van der Waals surface area contributed by atoms with E-state index in [2.05, 4.69) is 10.2 Å². The Balaban J connectivity index is 1.63. The van der Waals surface area contributed by atoms with Gasteiger partial charge < -0.3 is 14.8 Å². The van der Waals surface area contributed by atoms with E-state index in [-0.39, 0.29) is 18.1 Å². The zero-order valence-electron chi connectivity index (χ0n) is 14.6. The highest BCUT2D eigenvalue weighted by molar-refractivity contribution is 5.94. The number of furan rings is 1. The first-order chi connectivity index (χ1) is 12.1. The molecular weight excluding hydrogens is 316 g/mol. The minimum atomic E-state index is -0.333. The second-order valence-electron chi connectivity index (χ2n) is 6.74. The molecule has 2 unspecified atom stereocenters. The molecule has 1 saturated heterocycles. The van der Waals surface area contributed by atoms with Crippen molar-refractivity contribution in [2.75, 3.05) is 6.54 Å². The smallest absolute Gasteiger partial charge is 0.251 e. The summed E-state index contributed by atoms with van der Waals surface area (Å²) >= 11 is 0. The molecule has 3 rings (SSSR count). The van der Waals surface area contributed by atoms with E-state index < -0.39 is 0 Å². The molecule has 5 heteroatoms. The Kier molecular flexibility index (Phi) is 5.89. The first-order valence-electron chi connectivity index (χ1n) is 8.95. The van der Waals surface area contributed by atoms with Crippen LogP contribution in [0.1, 0.15) is 47.9 Å². The molecule has 2 atom stereocenters. The van der Waals surface area contributed by atoms with Crippen molar-refractivity contribution < 1.29 is 14.3 Å². The lowest BCUT2D eigenvalue weighted by Crippen LogP contribution is -2.45. The Bertz CT molecular complexity index is 682. The van der Waals surface area contributed by atoms with Gasteiger partial charge in [-0.1, -0.05) is 18.6 Å². The van der Waals surface area contributed by atoms with Crippen molar-refractivity contribution in [3.8, 4) is 0 Å². The molecule has 2 aromatic rings. The summed E-state index contributed by atoms with van der Waals surface area (Å²) in [5.41, 5.74) is 1.74. The first kappa shape index (κ1) is 17.7. The fraction of sp³-hybridized carbons (Fsp3) is 0.450. The highest BCUT2D eigenvalue weighted by Gasteiger charge is 2.26. The van der Waals surface area contributed by atoms with Gasteiger partial charge in [0.25, 0.3) is 5.91 Å². The predicted molar refractivity (Wildman–Crippen MR) is 96.1 cm³/mol. The van der Waals surface area contributed by atoms with E-state index in [1.54, 1.807) is 12.3 Å². The minimum absolute atomic E-state index is 0.107. The number of nitrogens with one attached hydrogen (secondary N) is 1. The molecule has 0 bridgehead atoms. The van der Waals surface area contributed by atoms with E-state index in [1.165, 1.54) is 6.42 Å². The van der Waals surface area contributed by atoms with Crippen LogP contribution < -0.4 is 5.32 Å². The quantitative estimate of drug-likeness (QED) is 0.847. The van der Waals surface area contributed by atoms with Crippen LogP contribution in [0.3, 0.4) is 0 Å². The van der Waals surface area contributed by atoms with E-state index in [0.717, 1.165) is 37.3 Å². The van der Waals surface area contributed by atoms with Crippen molar-refractivity contribution in [2.45, 2.75) is 51.4 Å². The van der Waals surface area contributed by atoms with Crippen LogP contribution in [0, 0.1) is 0 Å². The third-order valence-electron chi connectivity index (χ3n) is 4.80. The van der Waals surface area contributed by atoms with Crippen LogP contribution in [0.4, 0.5) is 0 Å². The van der Waals surface area contributed by atoms with Gasteiger partial charge in [0.15, 0.2) is 0 Å². The number of aliphatic hydroxyl groups excluding tert-OH is 1. The van der Waals surface area contributed by atoms with Crippen LogP contribution in [-0.2, 0) is 13.1 Å². The van der Waals surface area contributed by atoms with E-state index in [1.807, 2.05) is 37.3 Å². The largest absolute Gasteiger partial charge is 0.467 e. The number of amides is 1. The number of hydrogen-bond acceptors (Lipinski definition) is 4. The number of aliphatic hydroxyl groups is 1. The first-order valence-corrected chi connectivity index (χ1v) is 8.95. The maximum atomic E-state index is 12.4. The maximum Gasteiger partial charge on any atom is 0.251 e. The zero-order chi connectivity index (χ0) is 17.6.